The summed E-state index contributed by atoms with van der Waals surface area (Å²) in [6, 6.07) is 48.1. The molecule has 0 aliphatic carbocycles. The summed E-state index contributed by atoms with van der Waals surface area (Å²) in [5, 5.41) is 24.6. The highest BCUT2D eigenvalue weighted by Crippen LogP contribution is 2.44. The van der Waals surface area contributed by atoms with Crippen molar-refractivity contribution in [2.75, 3.05) is 0 Å². The fourth-order valence-corrected chi connectivity index (χ4v) is 6.68. The summed E-state index contributed by atoms with van der Waals surface area (Å²) in [5.41, 5.74) is 3.90. The molecular formula is C38H22N2. The van der Waals surface area contributed by atoms with Gasteiger partial charge in [-0.05, 0) is 88.9 Å². The molecule has 0 fully saturated rings. The van der Waals surface area contributed by atoms with E-state index in [0.29, 0.717) is 0 Å². The maximum absolute atomic E-state index is 4.70. The maximum atomic E-state index is 4.70. The Morgan fingerprint density at radius 1 is 0.300 bits per heavy atom. The molecular weight excluding hydrogens is 484 g/mol. The van der Waals surface area contributed by atoms with Crippen LogP contribution in [0.2, 0.25) is 0 Å². The third kappa shape index (κ3) is 2.99. The predicted octanol–water partition coefficient (Wildman–Crippen LogP) is 10.2. The van der Waals surface area contributed by atoms with E-state index in [1.165, 1.54) is 64.6 Å². The van der Waals surface area contributed by atoms with Crippen LogP contribution < -0.4 is 0 Å². The van der Waals surface area contributed by atoms with Crippen LogP contribution in [0.5, 0.6) is 0 Å². The standard InChI is InChI=1S/C38H22N2/c1-2-7-23(8-3-1)33-19-20-34(40-39-33)28-21-27-18-17-26-10-5-13-30-29-12-4-9-24-15-16-25-11-6-14-31(37(25)35(24)29)32(22-28)38(27)36(26)30/h1-22H. The molecule has 2 heteroatoms. The van der Waals surface area contributed by atoms with Crippen LogP contribution in [0.15, 0.2) is 133 Å². The quantitative estimate of drug-likeness (QED) is 0.218. The summed E-state index contributed by atoms with van der Waals surface area (Å²) in [6.07, 6.45) is 0. The molecule has 1 heterocycles. The Morgan fingerprint density at radius 3 is 1.32 bits per heavy atom. The van der Waals surface area contributed by atoms with Crippen molar-refractivity contribution >= 4 is 64.6 Å². The van der Waals surface area contributed by atoms with Crippen LogP contribution in [0.4, 0.5) is 0 Å². The minimum absolute atomic E-state index is 0.874. The Morgan fingerprint density at radius 2 is 0.775 bits per heavy atom. The van der Waals surface area contributed by atoms with Gasteiger partial charge in [0.15, 0.2) is 0 Å². The lowest BCUT2D eigenvalue weighted by Gasteiger charge is -2.16. The van der Waals surface area contributed by atoms with Crippen molar-refractivity contribution in [3.8, 4) is 22.5 Å². The first-order chi connectivity index (χ1) is 19.8. The fourth-order valence-electron chi connectivity index (χ4n) is 6.68. The van der Waals surface area contributed by atoms with E-state index in [-0.39, 0.29) is 0 Å². The monoisotopic (exact) mass is 506 g/mol. The second-order valence-electron chi connectivity index (χ2n) is 10.6. The minimum Gasteiger partial charge on any atom is -0.150 e. The molecule has 1 aromatic heterocycles. The van der Waals surface area contributed by atoms with Gasteiger partial charge in [0.05, 0.1) is 11.4 Å². The molecule has 0 aliphatic heterocycles. The zero-order valence-electron chi connectivity index (χ0n) is 21.6. The highest BCUT2D eigenvalue weighted by molar-refractivity contribution is 6.37. The SMILES string of the molecule is c1ccc(-c2ccc(-c3cc4ccc5cccc6c7cccc8ccc9cccc(c(c3)c4c56)c9c87)nn2)cc1. The molecule has 0 bridgehead atoms. The van der Waals surface area contributed by atoms with Gasteiger partial charge >= 0.3 is 0 Å². The Labute approximate surface area is 230 Å². The Hall–Kier alpha value is -5.34. The van der Waals surface area contributed by atoms with Crippen LogP contribution >= 0.6 is 0 Å². The largest absolute Gasteiger partial charge is 0.150 e. The maximum Gasteiger partial charge on any atom is 0.0930 e. The van der Waals surface area contributed by atoms with E-state index in [1.807, 2.05) is 18.2 Å². The molecule has 0 saturated heterocycles. The first-order valence-electron chi connectivity index (χ1n) is 13.7. The molecule has 0 N–H and O–H groups in total. The van der Waals surface area contributed by atoms with Crippen LogP contribution in [0.3, 0.4) is 0 Å². The molecule has 184 valence electrons. The second-order valence-corrected chi connectivity index (χ2v) is 10.6. The van der Waals surface area contributed by atoms with Crippen molar-refractivity contribution in [3.63, 3.8) is 0 Å². The second kappa shape index (κ2) is 8.08. The number of aromatic nitrogens is 2. The highest BCUT2D eigenvalue weighted by atomic mass is 15.1. The molecule has 0 unspecified atom stereocenters. The normalized spacial score (nSPS) is 12.0. The molecule has 0 spiro atoms. The Kier molecular flexibility index (Phi) is 4.36. The van der Waals surface area contributed by atoms with Crippen molar-refractivity contribution in [2.24, 2.45) is 0 Å². The van der Waals surface area contributed by atoms with Crippen LogP contribution in [-0.2, 0) is 0 Å². The lowest BCUT2D eigenvalue weighted by atomic mass is 9.87. The van der Waals surface area contributed by atoms with Gasteiger partial charge < -0.3 is 0 Å². The number of rotatable bonds is 2. The van der Waals surface area contributed by atoms with E-state index in [4.69, 9.17) is 5.10 Å². The highest BCUT2D eigenvalue weighted by Gasteiger charge is 2.16. The van der Waals surface area contributed by atoms with Gasteiger partial charge in [-0.2, -0.15) is 0 Å². The summed E-state index contributed by atoms with van der Waals surface area (Å²) >= 11 is 0. The van der Waals surface area contributed by atoms with E-state index in [9.17, 15) is 0 Å². The minimum atomic E-state index is 0.874. The van der Waals surface area contributed by atoms with Gasteiger partial charge in [0.1, 0.15) is 0 Å². The van der Waals surface area contributed by atoms with Gasteiger partial charge in [-0.25, -0.2) is 0 Å². The third-order valence-corrected chi connectivity index (χ3v) is 8.45. The molecule has 0 radical (unpaired) electrons. The topological polar surface area (TPSA) is 25.8 Å². The van der Waals surface area contributed by atoms with E-state index < -0.39 is 0 Å². The summed E-state index contributed by atoms with van der Waals surface area (Å²) in [7, 11) is 0. The Bertz CT molecular complexity index is 2400. The number of nitrogens with zero attached hydrogens (tertiary/aromatic N) is 2. The number of hydrogen-bond donors (Lipinski definition) is 0. The van der Waals surface area contributed by atoms with E-state index in [1.54, 1.807) is 0 Å². The molecule has 9 aromatic rings. The first kappa shape index (κ1) is 21.6. The zero-order valence-corrected chi connectivity index (χ0v) is 21.6. The molecule has 40 heavy (non-hydrogen) atoms. The Balaban J connectivity index is 1.46. The van der Waals surface area contributed by atoms with Crippen molar-refractivity contribution in [2.45, 2.75) is 0 Å². The molecule has 0 amide bonds. The number of benzene rings is 7. The van der Waals surface area contributed by atoms with Crippen molar-refractivity contribution < 1.29 is 0 Å². The lowest BCUT2D eigenvalue weighted by Crippen LogP contribution is -1.92. The van der Waals surface area contributed by atoms with Crippen molar-refractivity contribution in [3.05, 3.63) is 133 Å². The van der Waals surface area contributed by atoms with Crippen LogP contribution in [0.1, 0.15) is 0 Å². The summed E-state index contributed by atoms with van der Waals surface area (Å²) in [4.78, 5) is 0. The van der Waals surface area contributed by atoms with Crippen LogP contribution in [-0.4, -0.2) is 10.2 Å². The molecule has 2 nitrogen and oxygen atoms in total. The summed E-state index contributed by atoms with van der Waals surface area (Å²) in [6.45, 7) is 0. The van der Waals surface area contributed by atoms with Gasteiger partial charge in [0.25, 0.3) is 0 Å². The van der Waals surface area contributed by atoms with Crippen molar-refractivity contribution in [1.82, 2.24) is 10.2 Å². The van der Waals surface area contributed by atoms with E-state index in [0.717, 1.165) is 22.5 Å². The fraction of sp³-hybridized carbons (Fsp3) is 0. The smallest absolute Gasteiger partial charge is 0.0930 e. The van der Waals surface area contributed by atoms with Crippen LogP contribution in [0.25, 0.3) is 87.1 Å². The summed E-state index contributed by atoms with van der Waals surface area (Å²) in [5.74, 6) is 0. The predicted molar refractivity (Wildman–Crippen MR) is 169 cm³/mol. The van der Waals surface area contributed by atoms with E-state index in [2.05, 4.69) is 120 Å². The molecule has 0 saturated carbocycles. The van der Waals surface area contributed by atoms with Gasteiger partial charge in [-0.15, -0.1) is 10.2 Å². The lowest BCUT2D eigenvalue weighted by molar-refractivity contribution is 1.05. The number of hydrogen-bond acceptors (Lipinski definition) is 2. The molecule has 9 rings (SSSR count). The van der Waals surface area contributed by atoms with Gasteiger partial charge in [0, 0.05) is 11.1 Å². The zero-order chi connectivity index (χ0) is 26.2. The molecule has 0 atom stereocenters. The summed E-state index contributed by atoms with van der Waals surface area (Å²) < 4.78 is 0. The van der Waals surface area contributed by atoms with Gasteiger partial charge in [-0.1, -0.05) is 109 Å². The number of fused-ring (bicyclic) bond motifs is 2. The molecule has 8 aromatic carbocycles. The first-order valence-corrected chi connectivity index (χ1v) is 13.7. The third-order valence-electron chi connectivity index (χ3n) is 8.45. The van der Waals surface area contributed by atoms with Crippen molar-refractivity contribution in [1.29, 1.82) is 0 Å². The van der Waals surface area contributed by atoms with E-state index >= 15 is 0 Å². The van der Waals surface area contributed by atoms with Crippen LogP contribution in [0, 0.1) is 0 Å². The van der Waals surface area contributed by atoms with Gasteiger partial charge in [0.2, 0.25) is 0 Å². The van der Waals surface area contributed by atoms with Gasteiger partial charge in [-0.3, -0.25) is 0 Å². The average molecular weight is 507 g/mol. The molecule has 0 aliphatic rings. The average Bonchev–Trinajstić information content (AvgIpc) is 3.03.